The molecule has 2 atom stereocenters. The Morgan fingerprint density at radius 1 is 1.35 bits per heavy atom. The number of carbonyl (C=O) groups is 1. The van der Waals surface area contributed by atoms with Crippen molar-refractivity contribution in [3.63, 3.8) is 0 Å². The zero-order chi connectivity index (χ0) is 22.2. The first-order valence-electron chi connectivity index (χ1n) is 10.5. The van der Waals surface area contributed by atoms with Crippen molar-refractivity contribution in [2.75, 3.05) is 37.8 Å². The van der Waals surface area contributed by atoms with Crippen molar-refractivity contribution >= 4 is 35.0 Å². The maximum atomic E-state index is 12.1. The van der Waals surface area contributed by atoms with E-state index in [1.807, 2.05) is 38.3 Å². The molecule has 3 rings (SSSR count). The molecule has 2 aromatic heterocycles. The molecule has 2 heterocycles. The molecule has 0 spiro atoms. The number of hydrogen-bond acceptors (Lipinski definition) is 7. The summed E-state index contributed by atoms with van der Waals surface area (Å²) < 4.78 is 1.70. The van der Waals surface area contributed by atoms with Crippen molar-refractivity contribution in [3.05, 3.63) is 35.8 Å². The smallest absolute Gasteiger partial charge is 0.243 e. The van der Waals surface area contributed by atoms with Gasteiger partial charge in [-0.15, -0.1) is 0 Å². The van der Waals surface area contributed by atoms with Gasteiger partial charge in [-0.2, -0.15) is 10.1 Å². The van der Waals surface area contributed by atoms with Gasteiger partial charge in [0, 0.05) is 38.5 Å². The highest BCUT2D eigenvalue weighted by Gasteiger charge is 2.23. The average Bonchev–Trinajstić information content (AvgIpc) is 3.13. The van der Waals surface area contributed by atoms with Crippen LogP contribution in [0.3, 0.4) is 0 Å². The molecule has 1 aliphatic carbocycles. The Morgan fingerprint density at radius 2 is 2.19 bits per heavy atom. The predicted molar refractivity (Wildman–Crippen MR) is 124 cm³/mol. The third-order valence-corrected chi connectivity index (χ3v) is 5.41. The molecular weight excluding hydrogens is 416 g/mol. The summed E-state index contributed by atoms with van der Waals surface area (Å²) in [5.74, 6) is 1.47. The number of aromatic nitrogens is 4. The summed E-state index contributed by atoms with van der Waals surface area (Å²) in [6, 6.07) is 0.195. The summed E-state index contributed by atoms with van der Waals surface area (Å²) in [6.07, 6.45) is 12.8. The van der Waals surface area contributed by atoms with Crippen LogP contribution >= 0.6 is 11.6 Å². The van der Waals surface area contributed by atoms with Crippen molar-refractivity contribution in [2.45, 2.75) is 31.7 Å². The molecule has 0 bridgehead atoms. The summed E-state index contributed by atoms with van der Waals surface area (Å²) >= 11 is 6.29. The fourth-order valence-corrected chi connectivity index (χ4v) is 3.79. The summed E-state index contributed by atoms with van der Waals surface area (Å²) in [7, 11) is 5.80. The monoisotopic (exact) mass is 446 g/mol. The molecule has 1 aliphatic rings. The Morgan fingerprint density at radius 3 is 2.94 bits per heavy atom. The van der Waals surface area contributed by atoms with Crippen LogP contribution in [0.4, 0.5) is 17.5 Å². The van der Waals surface area contributed by atoms with E-state index in [4.69, 9.17) is 11.6 Å². The molecule has 10 heteroatoms. The molecule has 31 heavy (non-hydrogen) atoms. The van der Waals surface area contributed by atoms with E-state index in [-0.39, 0.29) is 11.9 Å². The summed E-state index contributed by atoms with van der Waals surface area (Å²) in [5, 5.41) is 14.2. The first-order valence-corrected chi connectivity index (χ1v) is 10.9. The van der Waals surface area contributed by atoms with Gasteiger partial charge < -0.3 is 20.9 Å². The van der Waals surface area contributed by atoms with E-state index < -0.39 is 0 Å². The molecule has 0 unspecified atom stereocenters. The van der Waals surface area contributed by atoms with E-state index in [1.165, 1.54) is 0 Å². The lowest BCUT2D eigenvalue weighted by atomic mass is 9.85. The highest BCUT2D eigenvalue weighted by atomic mass is 35.5. The molecule has 168 valence electrons. The normalized spacial score (nSPS) is 19.0. The Hall–Kier alpha value is -2.65. The van der Waals surface area contributed by atoms with Gasteiger partial charge in [0.15, 0.2) is 5.82 Å². The molecule has 1 saturated carbocycles. The third kappa shape index (κ3) is 7.52. The van der Waals surface area contributed by atoms with E-state index in [9.17, 15) is 4.79 Å². The lowest BCUT2D eigenvalue weighted by Gasteiger charge is -2.29. The second-order valence-electron chi connectivity index (χ2n) is 8.20. The number of aryl methyl sites for hydroxylation is 1. The number of carbonyl (C=O) groups excluding carboxylic acids is 1. The van der Waals surface area contributed by atoms with Crippen LogP contribution in [-0.2, 0) is 11.8 Å². The topological polar surface area (TPSA) is 100 Å². The van der Waals surface area contributed by atoms with Gasteiger partial charge in [0.05, 0.1) is 18.1 Å². The minimum absolute atomic E-state index is 0.0228. The largest absolute Gasteiger partial charge is 0.368 e. The molecule has 2 aromatic rings. The van der Waals surface area contributed by atoms with Crippen LogP contribution < -0.4 is 16.0 Å². The lowest BCUT2D eigenvalue weighted by molar-refractivity contribution is -0.117. The number of amides is 1. The molecule has 0 aromatic carbocycles. The van der Waals surface area contributed by atoms with Crippen LogP contribution in [0, 0.1) is 5.92 Å². The number of halogens is 1. The van der Waals surface area contributed by atoms with Gasteiger partial charge in [-0.25, -0.2) is 4.98 Å². The van der Waals surface area contributed by atoms with Crippen LogP contribution in [0.15, 0.2) is 30.7 Å². The molecule has 0 saturated heterocycles. The Kier molecular flexibility index (Phi) is 8.25. The zero-order valence-electron chi connectivity index (χ0n) is 18.3. The average molecular weight is 447 g/mol. The van der Waals surface area contributed by atoms with Crippen LogP contribution in [0.2, 0.25) is 5.02 Å². The molecular formula is C21H31ClN8O. The number of likely N-dealkylation sites (N-methyl/N-ethyl adjacent to an activating group) is 1. The number of nitrogens with zero attached hydrogens (tertiary/aromatic N) is 5. The third-order valence-electron chi connectivity index (χ3n) is 5.13. The molecule has 3 N–H and O–H groups in total. The van der Waals surface area contributed by atoms with Crippen LogP contribution in [0.5, 0.6) is 0 Å². The second kappa shape index (κ2) is 11.1. The fourth-order valence-electron chi connectivity index (χ4n) is 3.63. The highest BCUT2D eigenvalue weighted by molar-refractivity contribution is 6.32. The van der Waals surface area contributed by atoms with Crippen molar-refractivity contribution in [1.82, 2.24) is 30.0 Å². The van der Waals surface area contributed by atoms with Crippen molar-refractivity contribution < 1.29 is 4.79 Å². The van der Waals surface area contributed by atoms with Crippen molar-refractivity contribution in [1.29, 1.82) is 0 Å². The lowest BCUT2D eigenvalue weighted by Crippen LogP contribution is -2.39. The van der Waals surface area contributed by atoms with Gasteiger partial charge in [0.25, 0.3) is 0 Å². The fraction of sp³-hybridized carbons (Fsp3) is 0.524. The maximum absolute atomic E-state index is 12.1. The van der Waals surface area contributed by atoms with Gasteiger partial charge in [-0.3, -0.25) is 9.48 Å². The Balaban J connectivity index is 1.50. The molecule has 1 amide bonds. The summed E-state index contributed by atoms with van der Waals surface area (Å²) in [4.78, 5) is 22.9. The SMILES string of the molecule is CN(C)C/C=C/C(=O)N[C@@H]1CCC[C@@H](CNc2nc(Nc3cnn(C)c3)ncc2Cl)C1. The number of nitrogens with one attached hydrogen (secondary N) is 3. The van der Waals surface area contributed by atoms with Gasteiger partial charge in [0.1, 0.15) is 5.02 Å². The van der Waals surface area contributed by atoms with Crippen LogP contribution in [-0.4, -0.2) is 63.8 Å². The summed E-state index contributed by atoms with van der Waals surface area (Å²) in [5.41, 5.74) is 0.807. The minimum atomic E-state index is -0.0228. The second-order valence-corrected chi connectivity index (χ2v) is 8.61. The quantitative estimate of drug-likeness (QED) is 0.509. The van der Waals surface area contributed by atoms with E-state index in [0.29, 0.717) is 22.7 Å². The van der Waals surface area contributed by atoms with Gasteiger partial charge in [-0.05, 0) is 39.3 Å². The van der Waals surface area contributed by atoms with Gasteiger partial charge >= 0.3 is 0 Å². The van der Waals surface area contributed by atoms with Crippen LogP contribution in [0.1, 0.15) is 25.7 Å². The van der Waals surface area contributed by atoms with E-state index in [0.717, 1.165) is 44.5 Å². The molecule has 0 radical (unpaired) electrons. The minimum Gasteiger partial charge on any atom is -0.368 e. The number of hydrogen-bond donors (Lipinski definition) is 3. The predicted octanol–water partition coefficient (Wildman–Crippen LogP) is 2.81. The van der Waals surface area contributed by atoms with Crippen LogP contribution in [0.25, 0.3) is 0 Å². The Bertz CT molecular complexity index is 897. The number of rotatable bonds is 9. The highest BCUT2D eigenvalue weighted by Crippen LogP contribution is 2.26. The molecule has 0 aliphatic heterocycles. The number of anilines is 3. The molecule has 9 nitrogen and oxygen atoms in total. The summed E-state index contributed by atoms with van der Waals surface area (Å²) in [6.45, 7) is 1.49. The van der Waals surface area contributed by atoms with E-state index in [1.54, 1.807) is 23.2 Å². The first kappa shape index (κ1) is 23.0. The van der Waals surface area contributed by atoms with Gasteiger partial charge in [0.2, 0.25) is 11.9 Å². The Labute approximate surface area is 188 Å². The maximum Gasteiger partial charge on any atom is 0.243 e. The van der Waals surface area contributed by atoms with Gasteiger partial charge in [-0.1, -0.05) is 24.1 Å². The zero-order valence-corrected chi connectivity index (χ0v) is 19.1. The first-order chi connectivity index (χ1) is 14.9. The van der Waals surface area contributed by atoms with E-state index in [2.05, 4.69) is 31.0 Å². The molecule has 1 fully saturated rings. The van der Waals surface area contributed by atoms with Crippen molar-refractivity contribution in [2.24, 2.45) is 13.0 Å². The standard InChI is InChI=1S/C21H31ClN8O/c1-29(2)9-5-8-19(31)26-16-7-4-6-15(10-16)11-23-20-18(22)13-24-21(28-20)27-17-12-25-30(3)14-17/h5,8,12-16H,4,6-7,9-11H2,1-3H3,(H,26,31)(H2,23,24,27,28)/b8-5+/t15-,16-/m1/s1. The van der Waals surface area contributed by atoms with Crippen molar-refractivity contribution in [3.8, 4) is 0 Å². The van der Waals surface area contributed by atoms with E-state index >= 15 is 0 Å².